The normalized spacial score (nSPS) is 11.8. The lowest BCUT2D eigenvalue weighted by Gasteiger charge is -2.24. The largest absolute Gasteiger partial charge is 0.497 e. The summed E-state index contributed by atoms with van der Waals surface area (Å²) in [4.78, 5) is 36.4. The molecule has 0 aliphatic rings. The number of nitro groups is 1. The van der Waals surface area contributed by atoms with Crippen molar-refractivity contribution in [1.82, 2.24) is 5.32 Å². The van der Waals surface area contributed by atoms with Crippen LogP contribution in [0.25, 0.3) is 0 Å². The Labute approximate surface area is 227 Å². The van der Waals surface area contributed by atoms with Gasteiger partial charge in [-0.05, 0) is 62.7 Å². The molecule has 0 saturated heterocycles. The van der Waals surface area contributed by atoms with Gasteiger partial charge in [-0.2, -0.15) is 0 Å². The number of nitrogens with one attached hydrogen (secondary N) is 2. The number of nitrogens with zero attached hydrogens (tertiary/aromatic N) is 2. The Morgan fingerprint density at radius 3 is 2.36 bits per heavy atom. The first kappa shape index (κ1) is 29.1. The molecule has 3 aromatic carbocycles. The number of aryl methyl sites for hydroxylation is 1. The maximum Gasteiger partial charge on any atom is 0.273 e. The predicted octanol–water partition coefficient (Wildman–Crippen LogP) is 4.27. The number of para-hydroxylation sites is 1. The maximum atomic E-state index is 13.7. The van der Waals surface area contributed by atoms with E-state index in [1.807, 2.05) is 13.8 Å². The van der Waals surface area contributed by atoms with Gasteiger partial charge in [0.1, 0.15) is 12.3 Å². The molecule has 0 saturated carbocycles. The first-order valence-electron chi connectivity index (χ1n) is 12.1. The summed E-state index contributed by atoms with van der Waals surface area (Å²) in [5, 5.41) is 16.9. The number of ether oxygens (including phenoxy) is 1. The number of hydrogen-bond acceptors (Lipinski definition) is 7. The molecule has 1 unspecified atom stereocenters. The van der Waals surface area contributed by atoms with E-state index in [0.29, 0.717) is 17.7 Å². The number of methoxy groups -OCH3 is 1. The van der Waals surface area contributed by atoms with Gasteiger partial charge in [-0.1, -0.05) is 25.1 Å². The van der Waals surface area contributed by atoms with E-state index in [9.17, 15) is 28.1 Å². The number of carbonyl (C=O) groups excluding carboxylic acids is 2. The Balaban J connectivity index is 1.98. The molecule has 1 atom stereocenters. The zero-order valence-corrected chi connectivity index (χ0v) is 22.8. The van der Waals surface area contributed by atoms with Crippen LogP contribution in [0.1, 0.15) is 36.2 Å². The molecule has 0 aromatic heterocycles. The fourth-order valence-electron chi connectivity index (χ4n) is 3.65. The lowest BCUT2D eigenvalue weighted by atomic mass is 10.1. The average molecular weight is 555 g/mol. The molecule has 39 heavy (non-hydrogen) atoms. The Bertz CT molecular complexity index is 1470. The van der Waals surface area contributed by atoms with Gasteiger partial charge in [-0.25, -0.2) is 8.42 Å². The van der Waals surface area contributed by atoms with Gasteiger partial charge in [0.15, 0.2) is 0 Å². The highest BCUT2D eigenvalue weighted by Crippen LogP contribution is 2.29. The summed E-state index contributed by atoms with van der Waals surface area (Å²) in [5.74, 6) is -0.639. The van der Waals surface area contributed by atoms with Crippen molar-refractivity contribution in [2.75, 3.05) is 23.3 Å². The highest BCUT2D eigenvalue weighted by Gasteiger charge is 2.30. The molecule has 12 heteroatoms. The quantitative estimate of drug-likeness (QED) is 0.266. The Hall–Kier alpha value is -4.45. The van der Waals surface area contributed by atoms with Crippen molar-refractivity contribution in [3.63, 3.8) is 0 Å². The topological polar surface area (TPSA) is 148 Å². The Morgan fingerprint density at radius 2 is 1.74 bits per heavy atom. The second kappa shape index (κ2) is 12.4. The van der Waals surface area contributed by atoms with Gasteiger partial charge < -0.3 is 15.4 Å². The number of amides is 2. The van der Waals surface area contributed by atoms with Crippen LogP contribution in [0.2, 0.25) is 0 Å². The molecule has 0 fully saturated rings. The van der Waals surface area contributed by atoms with E-state index in [-0.39, 0.29) is 39.5 Å². The molecule has 0 radical (unpaired) electrons. The van der Waals surface area contributed by atoms with Crippen LogP contribution in [0.15, 0.2) is 71.6 Å². The van der Waals surface area contributed by atoms with Gasteiger partial charge in [0, 0.05) is 17.7 Å². The summed E-state index contributed by atoms with van der Waals surface area (Å²) in [6.07, 6.45) is 0.714. The first-order chi connectivity index (χ1) is 18.5. The molecular weight excluding hydrogens is 524 g/mol. The van der Waals surface area contributed by atoms with E-state index in [1.165, 1.54) is 50.4 Å². The summed E-state index contributed by atoms with van der Waals surface area (Å²) < 4.78 is 33.4. The van der Waals surface area contributed by atoms with E-state index in [1.54, 1.807) is 24.3 Å². The van der Waals surface area contributed by atoms with Crippen LogP contribution in [0.5, 0.6) is 5.75 Å². The second-order valence-electron chi connectivity index (χ2n) is 8.79. The van der Waals surface area contributed by atoms with Crippen LogP contribution < -0.4 is 19.7 Å². The van der Waals surface area contributed by atoms with Crippen LogP contribution in [0, 0.1) is 17.0 Å². The molecule has 0 bridgehead atoms. The monoisotopic (exact) mass is 554 g/mol. The van der Waals surface area contributed by atoms with E-state index in [0.717, 1.165) is 10.4 Å². The van der Waals surface area contributed by atoms with Crippen LogP contribution in [-0.2, 0) is 14.8 Å². The van der Waals surface area contributed by atoms with Crippen molar-refractivity contribution < 1.29 is 27.7 Å². The highest BCUT2D eigenvalue weighted by atomic mass is 32.2. The number of rotatable bonds is 11. The van der Waals surface area contributed by atoms with E-state index in [2.05, 4.69) is 10.6 Å². The summed E-state index contributed by atoms with van der Waals surface area (Å²) >= 11 is 0. The fraction of sp³-hybridized carbons (Fsp3) is 0.259. The number of carbonyl (C=O) groups is 2. The van der Waals surface area contributed by atoms with Crippen molar-refractivity contribution in [1.29, 1.82) is 0 Å². The lowest BCUT2D eigenvalue weighted by molar-refractivity contribution is -0.385. The van der Waals surface area contributed by atoms with Gasteiger partial charge in [-0.15, -0.1) is 0 Å². The third-order valence-corrected chi connectivity index (χ3v) is 7.82. The summed E-state index contributed by atoms with van der Waals surface area (Å²) in [6, 6.07) is 15.8. The lowest BCUT2D eigenvalue weighted by Crippen LogP contribution is -2.38. The maximum absolute atomic E-state index is 13.7. The number of anilines is 2. The molecule has 206 valence electrons. The van der Waals surface area contributed by atoms with Crippen molar-refractivity contribution in [3.05, 3.63) is 88.0 Å². The minimum atomic E-state index is -4.43. The van der Waals surface area contributed by atoms with Crippen molar-refractivity contribution >= 4 is 38.9 Å². The minimum Gasteiger partial charge on any atom is -0.497 e. The SMILES string of the molecule is CCC(C)NC(=O)c1ccccc1NC(=O)CN(c1ccc(OC)cc1)S(=O)(=O)c1ccc(C)c([N+](=O)[O-])c1. The van der Waals surface area contributed by atoms with Crippen molar-refractivity contribution in [2.24, 2.45) is 0 Å². The van der Waals surface area contributed by atoms with Gasteiger partial charge in [0.05, 0.1) is 33.9 Å². The summed E-state index contributed by atoms with van der Waals surface area (Å²) in [7, 11) is -2.98. The molecule has 2 N–H and O–H groups in total. The smallest absolute Gasteiger partial charge is 0.273 e. The fourth-order valence-corrected chi connectivity index (χ4v) is 5.09. The van der Waals surface area contributed by atoms with E-state index >= 15 is 0 Å². The van der Waals surface area contributed by atoms with Crippen molar-refractivity contribution in [3.8, 4) is 5.75 Å². The number of hydrogen-bond donors (Lipinski definition) is 2. The first-order valence-corrected chi connectivity index (χ1v) is 13.5. The molecule has 0 spiro atoms. The van der Waals surface area contributed by atoms with Crippen LogP contribution >= 0.6 is 0 Å². The molecule has 2 amide bonds. The molecule has 0 aliphatic carbocycles. The predicted molar refractivity (Wildman–Crippen MR) is 148 cm³/mol. The molecule has 3 aromatic rings. The molecule has 0 heterocycles. The van der Waals surface area contributed by atoms with Gasteiger partial charge in [-0.3, -0.25) is 24.0 Å². The van der Waals surface area contributed by atoms with Gasteiger partial charge >= 0.3 is 0 Å². The Morgan fingerprint density at radius 1 is 1.08 bits per heavy atom. The number of nitro benzene ring substituents is 1. The van der Waals surface area contributed by atoms with E-state index < -0.39 is 27.4 Å². The average Bonchev–Trinajstić information content (AvgIpc) is 2.91. The van der Waals surface area contributed by atoms with Crippen molar-refractivity contribution in [2.45, 2.75) is 38.1 Å². The molecular formula is C27H30N4O7S. The third-order valence-electron chi connectivity index (χ3n) is 6.05. The summed E-state index contributed by atoms with van der Waals surface area (Å²) in [5.41, 5.74) is 0.494. The molecule has 11 nitrogen and oxygen atoms in total. The number of sulfonamides is 1. The second-order valence-corrected chi connectivity index (χ2v) is 10.7. The Kier molecular flexibility index (Phi) is 9.25. The summed E-state index contributed by atoms with van der Waals surface area (Å²) in [6.45, 7) is 4.61. The van der Waals surface area contributed by atoms with E-state index in [4.69, 9.17) is 4.74 Å². The van der Waals surface area contributed by atoms with Crippen LogP contribution in [-0.4, -0.2) is 44.9 Å². The highest BCUT2D eigenvalue weighted by molar-refractivity contribution is 7.92. The standard InChI is InChI=1S/C27H30N4O7S/c1-5-19(3)28-27(33)23-8-6-7-9-24(23)29-26(32)17-30(20-11-13-21(38-4)14-12-20)39(36,37)22-15-10-18(2)25(16-22)31(34)35/h6-16,19H,5,17H2,1-4H3,(H,28,33)(H,29,32). The third kappa shape index (κ3) is 6.90. The van der Waals surface area contributed by atoms with Gasteiger partial charge in [0.2, 0.25) is 5.91 Å². The van der Waals surface area contributed by atoms with Gasteiger partial charge in [0.25, 0.3) is 21.6 Å². The zero-order valence-electron chi connectivity index (χ0n) is 22.0. The molecule has 3 rings (SSSR count). The number of benzene rings is 3. The van der Waals surface area contributed by atoms with Crippen LogP contribution in [0.4, 0.5) is 17.1 Å². The minimum absolute atomic E-state index is 0.0875. The molecule has 0 aliphatic heterocycles. The van der Waals surface area contributed by atoms with Crippen LogP contribution in [0.3, 0.4) is 0 Å². The zero-order chi connectivity index (χ0) is 28.7.